The van der Waals surface area contributed by atoms with Gasteiger partial charge in [0.1, 0.15) is 0 Å². The van der Waals surface area contributed by atoms with Gasteiger partial charge in [0.2, 0.25) is 0 Å². The van der Waals surface area contributed by atoms with Crippen molar-refractivity contribution >= 4 is 43.0 Å². The first kappa shape index (κ1) is 8.20. The van der Waals surface area contributed by atoms with Crippen molar-refractivity contribution in [1.82, 2.24) is 3.97 Å². The van der Waals surface area contributed by atoms with E-state index in [4.69, 9.17) is 0 Å². The van der Waals surface area contributed by atoms with E-state index < -0.39 is 0 Å². The molecule has 1 rings (SSSR count). The molecule has 0 aliphatic carbocycles. The Morgan fingerprint density at radius 2 is 2.50 bits per heavy atom. The van der Waals surface area contributed by atoms with Gasteiger partial charge in [0.15, 0.2) is 0 Å². The zero-order valence-corrected chi connectivity index (χ0v) is 8.65. The highest BCUT2D eigenvalue weighted by molar-refractivity contribution is 14.2. The molecule has 0 saturated heterocycles. The van der Waals surface area contributed by atoms with Gasteiger partial charge in [0.05, 0.1) is 5.35 Å². The molecule has 0 N–H and O–H groups in total. The largest absolute Gasteiger partial charge is 0.283 e. The van der Waals surface area contributed by atoms with Crippen molar-refractivity contribution in [2.75, 3.05) is 0 Å². The Kier molecular flexibility index (Phi) is 2.85. The predicted octanol–water partition coefficient (Wildman–Crippen LogP) is 1.55. The zero-order valence-electron chi connectivity index (χ0n) is 5.67. The molecule has 3 heteroatoms. The van der Waals surface area contributed by atoms with Crippen LogP contribution >= 0.6 is 30.3 Å². The Bertz CT molecular complexity index is 315. The SMILES string of the molecule is C=c1ccn(SI)/c1=C\C. The zero-order chi connectivity index (χ0) is 7.56. The summed E-state index contributed by atoms with van der Waals surface area (Å²) in [5.41, 5.74) is 0. The van der Waals surface area contributed by atoms with E-state index in [0.29, 0.717) is 0 Å². The fourth-order valence-corrected chi connectivity index (χ4v) is 2.27. The van der Waals surface area contributed by atoms with Crippen molar-refractivity contribution in [3.05, 3.63) is 22.8 Å². The van der Waals surface area contributed by atoms with E-state index in [0.717, 1.165) is 5.22 Å². The lowest BCUT2D eigenvalue weighted by molar-refractivity contribution is 1.22. The quantitative estimate of drug-likeness (QED) is 0.697. The van der Waals surface area contributed by atoms with Gasteiger partial charge in [-0.3, -0.25) is 3.97 Å². The van der Waals surface area contributed by atoms with Crippen molar-refractivity contribution in [3.63, 3.8) is 0 Å². The third-order valence-corrected chi connectivity index (χ3v) is 3.07. The number of nitrogens with zero attached hydrogens (tertiary/aromatic N) is 1. The summed E-state index contributed by atoms with van der Waals surface area (Å²) in [6.07, 6.45) is 4.09. The lowest BCUT2D eigenvalue weighted by Gasteiger charge is -1.91. The fraction of sp³-hybridized carbons (Fsp3) is 0.143. The monoisotopic (exact) mass is 265 g/mol. The van der Waals surface area contributed by atoms with Gasteiger partial charge in [-0.15, -0.1) is 0 Å². The molecule has 1 aromatic heterocycles. The molecule has 1 aromatic rings. The highest BCUT2D eigenvalue weighted by Crippen LogP contribution is 2.09. The Hall–Kier alpha value is 0.100. The number of halogens is 1. The second-order valence-corrected chi connectivity index (χ2v) is 3.62. The second kappa shape index (κ2) is 3.48. The van der Waals surface area contributed by atoms with E-state index >= 15 is 0 Å². The average Bonchev–Trinajstić information content (AvgIpc) is 2.30. The predicted molar refractivity (Wildman–Crippen MR) is 56.4 cm³/mol. The van der Waals surface area contributed by atoms with Gasteiger partial charge in [-0.25, -0.2) is 0 Å². The van der Waals surface area contributed by atoms with Crippen LogP contribution in [-0.4, -0.2) is 3.97 Å². The minimum Gasteiger partial charge on any atom is -0.283 e. The lowest BCUT2D eigenvalue weighted by atomic mass is 10.4. The lowest BCUT2D eigenvalue weighted by Crippen LogP contribution is -2.23. The van der Waals surface area contributed by atoms with E-state index in [1.54, 1.807) is 9.12 Å². The van der Waals surface area contributed by atoms with Crippen molar-refractivity contribution in [3.8, 4) is 0 Å². The molecular formula is C7H8INS. The minimum absolute atomic E-state index is 1.09. The molecule has 0 aliphatic rings. The fourth-order valence-electron chi connectivity index (χ4n) is 0.838. The van der Waals surface area contributed by atoms with Gasteiger partial charge < -0.3 is 0 Å². The highest BCUT2D eigenvalue weighted by atomic mass is 127. The van der Waals surface area contributed by atoms with Gasteiger partial charge in [0, 0.05) is 36.5 Å². The highest BCUT2D eigenvalue weighted by Gasteiger charge is 1.89. The first-order valence-electron chi connectivity index (χ1n) is 2.91. The standard InChI is InChI=1S/C7H8INS/c1-3-7-6(2)4-5-9(7)10-8/h3-5H,2H2,1H3/b7-3-. The third-order valence-electron chi connectivity index (χ3n) is 1.33. The molecule has 0 fully saturated rings. The second-order valence-electron chi connectivity index (χ2n) is 1.91. The maximum atomic E-state index is 3.89. The van der Waals surface area contributed by atoms with Crippen molar-refractivity contribution in [2.45, 2.75) is 6.92 Å². The van der Waals surface area contributed by atoms with Crippen LogP contribution in [0.25, 0.3) is 12.7 Å². The van der Waals surface area contributed by atoms with Crippen molar-refractivity contribution < 1.29 is 0 Å². The van der Waals surface area contributed by atoms with Crippen LogP contribution in [0.5, 0.6) is 0 Å². The third kappa shape index (κ3) is 1.40. The number of hydrogen-bond acceptors (Lipinski definition) is 1. The molecule has 10 heavy (non-hydrogen) atoms. The number of rotatable bonds is 1. The normalized spacial score (nSPS) is 12.4. The van der Waals surface area contributed by atoms with Crippen LogP contribution in [0.15, 0.2) is 12.3 Å². The van der Waals surface area contributed by atoms with Gasteiger partial charge >= 0.3 is 0 Å². The van der Waals surface area contributed by atoms with Crippen LogP contribution in [0.2, 0.25) is 0 Å². The van der Waals surface area contributed by atoms with E-state index in [-0.39, 0.29) is 0 Å². The van der Waals surface area contributed by atoms with Crippen LogP contribution in [0, 0.1) is 0 Å². The van der Waals surface area contributed by atoms with Gasteiger partial charge in [-0.1, -0.05) is 12.7 Å². The topological polar surface area (TPSA) is 4.93 Å². The number of aromatic nitrogens is 1. The Morgan fingerprint density at radius 3 is 2.90 bits per heavy atom. The summed E-state index contributed by atoms with van der Waals surface area (Å²) >= 11 is 2.25. The van der Waals surface area contributed by atoms with Gasteiger partial charge in [0.25, 0.3) is 0 Å². The molecule has 0 bridgehead atoms. The summed E-state index contributed by atoms with van der Waals surface area (Å²) in [6, 6.07) is 2.01. The molecule has 0 amide bonds. The maximum absolute atomic E-state index is 3.89. The van der Waals surface area contributed by atoms with Gasteiger partial charge in [-0.2, -0.15) is 0 Å². The molecule has 1 nitrogen and oxygen atoms in total. The molecule has 0 spiro atoms. The Morgan fingerprint density at radius 1 is 1.80 bits per heavy atom. The van der Waals surface area contributed by atoms with Crippen LogP contribution in [-0.2, 0) is 0 Å². The average molecular weight is 265 g/mol. The van der Waals surface area contributed by atoms with E-state index in [9.17, 15) is 0 Å². The van der Waals surface area contributed by atoms with Crippen LogP contribution in [0.4, 0.5) is 0 Å². The van der Waals surface area contributed by atoms with Crippen LogP contribution in [0.1, 0.15) is 6.92 Å². The van der Waals surface area contributed by atoms with E-state index in [2.05, 4.69) is 37.8 Å². The first-order chi connectivity index (χ1) is 4.79. The smallest absolute Gasteiger partial charge is 0.0549 e. The summed E-state index contributed by atoms with van der Waals surface area (Å²) in [6.45, 7) is 5.91. The summed E-state index contributed by atoms with van der Waals surface area (Å²) in [7, 11) is 1.66. The van der Waals surface area contributed by atoms with Crippen molar-refractivity contribution in [2.24, 2.45) is 0 Å². The molecular weight excluding hydrogens is 257 g/mol. The molecule has 0 aliphatic heterocycles. The molecule has 0 radical (unpaired) electrons. The summed E-state index contributed by atoms with van der Waals surface area (Å²) in [5.74, 6) is 0. The molecule has 1 heterocycles. The summed E-state index contributed by atoms with van der Waals surface area (Å²) < 4.78 is 2.09. The van der Waals surface area contributed by atoms with E-state index in [1.165, 1.54) is 5.35 Å². The van der Waals surface area contributed by atoms with E-state index in [1.807, 2.05) is 19.2 Å². The molecule has 0 saturated carbocycles. The molecule has 54 valence electrons. The summed E-state index contributed by atoms with van der Waals surface area (Å²) in [5, 5.41) is 2.28. The first-order valence-corrected chi connectivity index (χ1v) is 6.23. The Balaban J connectivity index is 3.43. The van der Waals surface area contributed by atoms with Crippen LogP contribution in [0.3, 0.4) is 0 Å². The maximum Gasteiger partial charge on any atom is 0.0549 e. The van der Waals surface area contributed by atoms with Gasteiger partial charge in [-0.05, 0) is 18.2 Å². The molecule has 0 atom stereocenters. The minimum atomic E-state index is 1.09. The Labute approximate surface area is 76.5 Å². The van der Waals surface area contributed by atoms with Crippen molar-refractivity contribution in [1.29, 1.82) is 0 Å². The molecule has 0 aromatic carbocycles. The molecule has 0 unspecified atom stereocenters. The van der Waals surface area contributed by atoms with Crippen LogP contribution < -0.4 is 10.6 Å². The number of hydrogen-bond donors (Lipinski definition) is 0. The summed E-state index contributed by atoms with van der Waals surface area (Å²) in [4.78, 5) is 0.